The molecular formula is C22H24ClN5OS. The number of amides is 1. The van der Waals surface area contributed by atoms with Gasteiger partial charge >= 0.3 is 0 Å². The summed E-state index contributed by atoms with van der Waals surface area (Å²) in [6, 6.07) is 11.7. The normalized spacial score (nSPS) is 14.6. The van der Waals surface area contributed by atoms with Crippen LogP contribution in [0.3, 0.4) is 0 Å². The van der Waals surface area contributed by atoms with Crippen LogP contribution in [0.1, 0.15) is 32.1 Å². The Balaban J connectivity index is 1.57. The van der Waals surface area contributed by atoms with E-state index in [1.54, 1.807) is 12.4 Å². The Bertz CT molecular complexity index is 987. The van der Waals surface area contributed by atoms with E-state index in [4.69, 9.17) is 11.6 Å². The Morgan fingerprint density at radius 3 is 2.50 bits per heavy atom. The number of benzene rings is 1. The highest BCUT2D eigenvalue weighted by Crippen LogP contribution is 2.29. The van der Waals surface area contributed by atoms with Crippen LogP contribution >= 0.6 is 23.4 Å². The topological polar surface area (TPSA) is 63.9 Å². The van der Waals surface area contributed by atoms with Gasteiger partial charge < -0.3 is 4.90 Å². The molecule has 0 saturated heterocycles. The van der Waals surface area contributed by atoms with Crippen LogP contribution in [0.15, 0.2) is 53.9 Å². The maximum Gasteiger partial charge on any atom is 0.233 e. The third kappa shape index (κ3) is 4.68. The predicted octanol–water partition coefficient (Wildman–Crippen LogP) is 4.87. The predicted molar refractivity (Wildman–Crippen MR) is 120 cm³/mol. The SMILES string of the molecule is CN(C(=O)CSc1nnc(-c2ccncc2)n1-c1ccc(Cl)cc1)C1CCCCC1. The second-order valence-corrected chi connectivity index (χ2v) is 8.82. The molecule has 30 heavy (non-hydrogen) atoms. The van der Waals surface area contributed by atoms with Crippen LogP contribution in [0.2, 0.25) is 5.02 Å². The maximum absolute atomic E-state index is 12.8. The summed E-state index contributed by atoms with van der Waals surface area (Å²) in [4.78, 5) is 18.8. The van der Waals surface area contributed by atoms with Crippen molar-refractivity contribution in [1.29, 1.82) is 0 Å². The molecule has 156 valence electrons. The van der Waals surface area contributed by atoms with Crippen molar-refractivity contribution >= 4 is 29.3 Å². The lowest BCUT2D eigenvalue weighted by molar-refractivity contribution is -0.129. The number of nitrogens with zero attached hydrogens (tertiary/aromatic N) is 5. The highest BCUT2D eigenvalue weighted by molar-refractivity contribution is 7.99. The molecule has 1 aliphatic rings. The number of carbonyl (C=O) groups is 1. The van der Waals surface area contributed by atoms with Crippen molar-refractivity contribution in [2.75, 3.05) is 12.8 Å². The third-order valence-corrected chi connectivity index (χ3v) is 6.66. The summed E-state index contributed by atoms with van der Waals surface area (Å²) >= 11 is 7.49. The van der Waals surface area contributed by atoms with Crippen LogP contribution in [0, 0.1) is 0 Å². The van der Waals surface area contributed by atoms with Gasteiger partial charge in [-0.2, -0.15) is 0 Å². The lowest BCUT2D eigenvalue weighted by Crippen LogP contribution is -2.39. The molecule has 1 aliphatic carbocycles. The molecule has 2 heterocycles. The van der Waals surface area contributed by atoms with Gasteiger partial charge in [0.15, 0.2) is 11.0 Å². The Hall–Kier alpha value is -2.38. The molecule has 8 heteroatoms. The third-order valence-electron chi connectivity index (χ3n) is 5.50. The minimum atomic E-state index is 0.128. The summed E-state index contributed by atoms with van der Waals surface area (Å²) in [5.41, 5.74) is 1.80. The van der Waals surface area contributed by atoms with Gasteiger partial charge in [-0.25, -0.2) is 0 Å². The first kappa shape index (κ1) is 20.9. The van der Waals surface area contributed by atoms with Crippen molar-refractivity contribution < 1.29 is 4.79 Å². The standard InChI is InChI=1S/C22H24ClN5OS/c1-27(18-5-3-2-4-6-18)20(29)15-30-22-26-25-21(16-11-13-24-14-12-16)28(22)19-9-7-17(23)8-10-19/h7-14,18H,2-6,15H2,1H3. The Labute approximate surface area is 185 Å². The van der Waals surface area contributed by atoms with E-state index < -0.39 is 0 Å². The van der Waals surface area contributed by atoms with Crippen molar-refractivity contribution in [2.45, 2.75) is 43.3 Å². The Morgan fingerprint density at radius 1 is 1.10 bits per heavy atom. The number of carbonyl (C=O) groups excluding carboxylic acids is 1. The molecule has 0 spiro atoms. The smallest absolute Gasteiger partial charge is 0.233 e. The summed E-state index contributed by atoms with van der Waals surface area (Å²) in [5.74, 6) is 1.16. The first-order valence-corrected chi connectivity index (χ1v) is 11.5. The molecule has 0 aliphatic heterocycles. The fourth-order valence-corrected chi connectivity index (χ4v) is 4.78. The van der Waals surface area contributed by atoms with E-state index in [2.05, 4.69) is 15.2 Å². The van der Waals surface area contributed by atoms with Gasteiger partial charge in [0.1, 0.15) is 0 Å². The number of thioether (sulfide) groups is 1. The summed E-state index contributed by atoms with van der Waals surface area (Å²) in [5, 5.41) is 10.1. The van der Waals surface area contributed by atoms with Crippen LogP contribution in [0.4, 0.5) is 0 Å². The van der Waals surface area contributed by atoms with Crippen LogP contribution in [-0.2, 0) is 4.79 Å². The lowest BCUT2D eigenvalue weighted by Gasteiger charge is -2.31. The fourth-order valence-electron chi connectivity index (χ4n) is 3.77. The fraction of sp³-hybridized carbons (Fsp3) is 0.364. The Morgan fingerprint density at radius 2 is 1.80 bits per heavy atom. The van der Waals surface area contributed by atoms with Crippen LogP contribution < -0.4 is 0 Å². The van der Waals surface area contributed by atoms with Gasteiger partial charge in [0.2, 0.25) is 5.91 Å². The number of hydrogen-bond acceptors (Lipinski definition) is 5. The van der Waals surface area contributed by atoms with Gasteiger partial charge in [-0.1, -0.05) is 42.6 Å². The minimum Gasteiger partial charge on any atom is -0.342 e. The first-order chi connectivity index (χ1) is 14.6. The zero-order valence-corrected chi connectivity index (χ0v) is 18.4. The van der Waals surface area contributed by atoms with Crippen LogP contribution in [-0.4, -0.2) is 49.4 Å². The summed E-state index contributed by atoms with van der Waals surface area (Å²) in [6.07, 6.45) is 9.33. The number of pyridine rings is 1. The monoisotopic (exact) mass is 441 g/mol. The molecule has 4 rings (SSSR count). The molecule has 3 aromatic rings. The first-order valence-electron chi connectivity index (χ1n) is 10.1. The molecule has 6 nitrogen and oxygen atoms in total. The molecule has 1 amide bonds. The quantitative estimate of drug-likeness (QED) is 0.511. The van der Waals surface area contributed by atoms with Crippen molar-refractivity contribution in [2.24, 2.45) is 0 Å². The van der Waals surface area contributed by atoms with Crippen molar-refractivity contribution in [3.8, 4) is 17.1 Å². The molecule has 0 bridgehead atoms. The van der Waals surface area contributed by atoms with Crippen molar-refractivity contribution in [3.63, 3.8) is 0 Å². The van der Waals surface area contributed by atoms with E-state index in [9.17, 15) is 4.79 Å². The van der Waals surface area contributed by atoms with Crippen molar-refractivity contribution in [3.05, 3.63) is 53.8 Å². The highest BCUT2D eigenvalue weighted by atomic mass is 35.5. The summed E-state index contributed by atoms with van der Waals surface area (Å²) < 4.78 is 1.96. The van der Waals surface area contributed by atoms with E-state index in [1.807, 2.05) is 52.9 Å². The Kier molecular flexibility index (Phi) is 6.69. The van der Waals surface area contributed by atoms with Gasteiger partial charge in [-0.05, 0) is 49.2 Å². The number of halogens is 1. The van der Waals surface area contributed by atoms with Gasteiger partial charge in [0.05, 0.1) is 5.75 Å². The summed E-state index contributed by atoms with van der Waals surface area (Å²) in [6.45, 7) is 0. The van der Waals surface area contributed by atoms with E-state index in [0.29, 0.717) is 27.8 Å². The average Bonchev–Trinajstić information content (AvgIpc) is 3.22. The zero-order chi connectivity index (χ0) is 20.9. The number of hydrogen-bond donors (Lipinski definition) is 0. The van der Waals surface area contributed by atoms with E-state index in [1.165, 1.54) is 31.0 Å². The molecule has 1 aromatic carbocycles. The van der Waals surface area contributed by atoms with Crippen LogP contribution in [0.5, 0.6) is 0 Å². The molecule has 1 saturated carbocycles. The number of rotatable bonds is 6. The molecule has 2 aromatic heterocycles. The highest BCUT2D eigenvalue weighted by Gasteiger charge is 2.23. The van der Waals surface area contributed by atoms with E-state index in [-0.39, 0.29) is 5.91 Å². The molecule has 0 unspecified atom stereocenters. The molecular weight excluding hydrogens is 418 g/mol. The van der Waals surface area contributed by atoms with E-state index in [0.717, 1.165) is 24.1 Å². The second-order valence-electron chi connectivity index (χ2n) is 7.44. The molecule has 0 atom stereocenters. The van der Waals surface area contributed by atoms with Gasteiger partial charge in [-0.3, -0.25) is 14.3 Å². The maximum atomic E-state index is 12.8. The molecule has 0 N–H and O–H groups in total. The minimum absolute atomic E-state index is 0.128. The zero-order valence-electron chi connectivity index (χ0n) is 16.9. The largest absolute Gasteiger partial charge is 0.342 e. The number of aromatic nitrogens is 4. The lowest BCUT2D eigenvalue weighted by atomic mass is 9.94. The summed E-state index contributed by atoms with van der Waals surface area (Å²) in [7, 11) is 1.92. The molecule has 0 radical (unpaired) electrons. The molecule has 1 fully saturated rings. The average molecular weight is 442 g/mol. The van der Waals surface area contributed by atoms with Gasteiger partial charge in [0, 0.05) is 41.8 Å². The van der Waals surface area contributed by atoms with E-state index >= 15 is 0 Å². The van der Waals surface area contributed by atoms with Crippen molar-refractivity contribution in [1.82, 2.24) is 24.6 Å². The van der Waals surface area contributed by atoms with Gasteiger partial charge in [-0.15, -0.1) is 10.2 Å². The van der Waals surface area contributed by atoms with Gasteiger partial charge in [0.25, 0.3) is 0 Å². The van der Waals surface area contributed by atoms with Crippen LogP contribution in [0.25, 0.3) is 17.1 Å². The second kappa shape index (κ2) is 9.62.